The van der Waals surface area contributed by atoms with Gasteiger partial charge in [-0.15, -0.1) is 0 Å². The van der Waals surface area contributed by atoms with Crippen molar-refractivity contribution in [2.24, 2.45) is 0 Å². The van der Waals surface area contributed by atoms with Crippen molar-refractivity contribution in [1.82, 2.24) is 9.88 Å². The van der Waals surface area contributed by atoms with Crippen molar-refractivity contribution >= 4 is 26.7 Å². The number of thiazole rings is 1. The Labute approximate surface area is 152 Å². The summed E-state index contributed by atoms with van der Waals surface area (Å²) in [7, 11) is 5.95. The maximum atomic E-state index is 5.48. The summed E-state index contributed by atoms with van der Waals surface area (Å²) in [6, 6.07) is 13.0. The van der Waals surface area contributed by atoms with Crippen LogP contribution in [0.25, 0.3) is 10.2 Å². The molecule has 4 rings (SSSR count). The number of hydrogen-bond acceptors (Lipinski definition) is 5. The summed E-state index contributed by atoms with van der Waals surface area (Å²) in [5.41, 5.74) is 5.31. The largest absolute Gasteiger partial charge is 0.495 e. The Bertz CT molecular complexity index is 903. The number of ether oxygens (including phenoxy) is 1. The molecule has 0 radical (unpaired) electrons. The second-order valence-electron chi connectivity index (χ2n) is 6.82. The fourth-order valence-electron chi connectivity index (χ4n) is 3.44. The van der Waals surface area contributed by atoms with E-state index in [1.165, 1.54) is 16.7 Å². The third kappa shape index (κ3) is 3.22. The van der Waals surface area contributed by atoms with E-state index >= 15 is 0 Å². The number of fused-ring (bicyclic) bond motifs is 2. The second-order valence-corrected chi connectivity index (χ2v) is 7.79. The van der Waals surface area contributed by atoms with Crippen LogP contribution in [0.3, 0.4) is 0 Å². The van der Waals surface area contributed by atoms with Crippen LogP contribution in [0.2, 0.25) is 0 Å². The van der Waals surface area contributed by atoms with Crippen molar-refractivity contribution in [3.63, 3.8) is 0 Å². The normalized spacial score (nSPS) is 14.2. The molecule has 1 aliphatic heterocycles. The quantitative estimate of drug-likeness (QED) is 0.711. The van der Waals surface area contributed by atoms with Crippen molar-refractivity contribution in [2.75, 3.05) is 32.6 Å². The van der Waals surface area contributed by atoms with Gasteiger partial charge in [0.15, 0.2) is 5.13 Å². The molecule has 5 heteroatoms. The molecule has 0 saturated carbocycles. The molecule has 25 heavy (non-hydrogen) atoms. The summed E-state index contributed by atoms with van der Waals surface area (Å²) in [4.78, 5) is 9.43. The molecule has 1 aromatic heterocycles. The molecule has 2 aromatic carbocycles. The zero-order chi connectivity index (χ0) is 17.4. The maximum absolute atomic E-state index is 5.48. The highest BCUT2D eigenvalue weighted by Gasteiger charge is 2.20. The molecule has 3 aromatic rings. The molecule has 0 N–H and O–H groups in total. The number of rotatable bonds is 4. The summed E-state index contributed by atoms with van der Waals surface area (Å²) in [5, 5.41) is 1.09. The van der Waals surface area contributed by atoms with Crippen molar-refractivity contribution in [2.45, 2.75) is 19.5 Å². The van der Waals surface area contributed by atoms with E-state index < -0.39 is 0 Å². The van der Waals surface area contributed by atoms with E-state index in [9.17, 15) is 0 Å². The summed E-state index contributed by atoms with van der Waals surface area (Å²) in [6.45, 7) is 2.94. The lowest BCUT2D eigenvalue weighted by molar-refractivity contribution is 0.402. The minimum Gasteiger partial charge on any atom is -0.495 e. The van der Waals surface area contributed by atoms with E-state index in [1.54, 1.807) is 18.4 Å². The second kappa shape index (κ2) is 6.65. The average Bonchev–Trinajstić information content (AvgIpc) is 3.05. The molecule has 0 spiro atoms. The van der Waals surface area contributed by atoms with Crippen LogP contribution in [-0.2, 0) is 19.5 Å². The number of hydrogen-bond donors (Lipinski definition) is 0. The Hall–Kier alpha value is -2.11. The van der Waals surface area contributed by atoms with Crippen LogP contribution in [0.4, 0.5) is 5.13 Å². The van der Waals surface area contributed by atoms with Crippen LogP contribution < -0.4 is 9.64 Å². The summed E-state index contributed by atoms with van der Waals surface area (Å²) in [5.74, 6) is 0.909. The number of methoxy groups -OCH3 is 1. The van der Waals surface area contributed by atoms with Crippen LogP contribution >= 0.6 is 11.3 Å². The van der Waals surface area contributed by atoms with Crippen LogP contribution in [0.5, 0.6) is 5.75 Å². The van der Waals surface area contributed by atoms with Crippen molar-refractivity contribution in [1.29, 1.82) is 0 Å². The Morgan fingerprint density at radius 3 is 2.88 bits per heavy atom. The molecule has 0 saturated heterocycles. The van der Waals surface area contributed by atoms with Gasteiger partial charge in [-0.2, -0.15) is 0 Å². The van der Waals surface area contributed by atoms with Crippen LogP contribution in [-0.4, -0.2) is 37.6 Å². The fraction of sp³-hybridized carbons (Fsp3) is 0.350. The highest BCUT2D eigenvalue weighted by Crippen LogP contribution is 2.36. The molecular weight excluding hydrogens is 330 g/mol. The SMILES string of the molecule is COc1cccc2nc(N3CCc4cc(CN(C)C)ccc4C3)sc12. The number of aromatic nitrogens is 1. The molecule has 0 amide bonds. The lowest BCUT2D eigenvalue weighted by Crippen LogP contribution is -2.30. The molecule has 0 atom stereocenters. The third-order valence-electron chi connectivity index (χ3n) is 4.64. The molecule has 0 aliphatic carbocycles. The van der Waals surface area contributed by atoms with Gasteiger partial charge >= 0.3 is 0 Å². The summed E-state index contributed by atoms with van der Waals surface area (Å²) >= 11 is 1.72. The highest BCUT2D eigenvalue weighted by atomic mass is 32.1. The first-order valence-corrected chi connectivity index (χ1v) is 9.39. The Balaban J connectivity index is 1.60. The average molecular weight is 353 g/mol. The van der Waals surface area contributed by atoms with E-state index in [2.05, 4.69) is 48.2 Å². The molecule has 0 bridgehead atoms. The van der Waals surface area contributed by atoms with Gasteiger partial charge in [0.1, 0.15) is 5.75 Å². The van der Waals surface area contributed by atoms with Gasteiger partial charge in [-0.3, -0.25) is 0 Å². The number of benzene rings is 2. The fourth-order valence-corrected chi connectivity index (χ4v) is 4.52. The van der Waals surface area contributed by atoms with E-state index in [4.69, 9.17) is 9.72 Å². The van der Waals surface area contributed by atoms with E-state index in [0.29, 0.717) is 0 Å². The Morgan fingerprint density at radius 1 is 1.20 bits per heavy atom. The van der Waals surface area contributed by atoms with E-state index in [1.807, 2.05) is 12.1 Å². The van der Waals surface area contributed by atoms with Crippen molar-refractivity contribution in [3.8, 4) is 5.75 Å². The van der Waals surface area contributed by atoms with Gasteiger partial charge in [-0.05, 0) is 49.3 Å². The monoisotopic (exact) mass is 353 g/mol. The van der Waals surface area contributed by atoms with Crippen LogP contribution in [0.15, 0.2) is 36.4 Å². The van der Waals surface area contributed by atoms with Crippen molar-refractivity contribution in [3.05, 3.63) is 53.1 Å². The van der Waals surface area contributed by atoms with Crippen molar-refractivity contribution < 1.29 is 4.74 Å². The third-order valence-corrected chi connectivity index (χ3v) is 5.79. The van der Waals surface area contributed by atoms with Gasteiger partial charge in [-0.1, -0.05) is 35.6 Å². The molecule has 130 valence electrons. The minimum atomic E-state index is 0.909. The number of anilines is 1. The Morgan fingerprint density at radius 2 is 2.08 bits per heavy atom. The lowest BCUT2D eigenvalue weighted by atomic mass is 9.97. The standard InChI is InChI=1S/C20H23N3OS/c1-22(2)12-14-7-8-16-13-23(10-9-15(16)11-14)20-21-17-5-4-6-18(24-3)19(17)25-20/h4-8,11H,9-10,12-13H2,1-3H3. The molecule has 2 heterocycles. The number of nitrogens with zero attached hydrogens (tertiary/aromatic N) is 3. The summed E-state index contributed by atoms with van der Waals surface area (Å²) in [6.07, 6.45) is 1.07. The van der Waals surface area contributed by atoms with Crippen LogP contribution in [0.1, 0.15) is 16.7 Å². The van der Waals surface area contributed by atoms with Gasteiger partial charge < -0.3 is 14.5 Å². The molecule has 0 unspecified atom stereocenters. The minimum absolute atomic E-state index is 0.909. The molecule has 1 aliphatic rings. The highest BCUT2D eigenvalue weighted by molar-refractivity contribution is 7.22. The Kier molecular flexibility index (Phi) is 4.36. The van der Waals surface area contributed by atoms with Gasteiger partial charge in [0.2, 0.25) is 0 Å². The molecular formula is C20H23N3OS. The summed E-state index contributed by atoms with van der Waals surface area (Å²) < 4.78 is 6.61. The first-order valence-electron chi connectivity index (χ1n) is 8.58. The van der Waals surface area contributed by atoms with Crippen LogP contribution in [0, 0.1) is 0 Å². The topological polar surface area (TPSA) is 28.6 Å². The maximum Gasteiger partial charge on any atom is 0.186 e. The van der Waals surface area contributed by atoms with Gasteiger partial charge in [-0.25, -0.2) is 4.98 Å². The zero-order valence-electron chi connectivity index (χ0n) is 15.0. The van der Waals surface area contributed by atoms with E-state index in [-0.39, 0.29) is 0 Å². The predicted molar refractivity (Wildman–Crippen MR) is 105 cm³/mol. The van der Waals surface area contributed by atoms with Gasteiger partial charge in [0, 0.05) is 19.6 Å². The van der Waals surface area contributed by atoms with E-state index in [0.717, 1.165) is 47.2 Å². The molecule has 0 fully saturated rings. The molecule has 4 nitrogen and oxygen atoms in total. The first kappa shape index (κ1) is 16.4. The zero-order valence-corrected chi connectivity index (χ0v) is 15.8. The smallest absolute Gasteiger partial charge is 0.186 e. The first-order chi connectivity index (χ1) is 12.1. The van der Waals surface area contributed by atoms with Gasteiger partial charge in [0.25, 0.3) is 0 Å². The van der Waals surface area contributed by atoms with Gasteiger partial charge in [0.05, 0.1) is 17.3 Å². The lowest BCUT2D eigenvalue weighted by Gasteiger charge is -2.29. The predicted octanol–water partition coefficient (Wildman–Crippen LogP) is 3.93.